The van der Waals surface area contributed by atoms with Crippen LogP contribution in [0.4, 0.5) is 0 Å². The zero-order chi connectivity index (χ0) is 11.9. The van der Waals surface area contributed by atoms with E-state index < -0.39 is 8.07 Å². The maximum atomic E-state index is 11.1. The van der Waals surface area contributed by atoms with Crippen LogP contribution in [0, 0.1) is 5.92 Å². The summed E-state index contributed by atoms with van der Waals surface area (Å²) in [6, 6.07) is 0. The van der Waals surface area contributed by atoms with Gasteiger partial charge in [-0.1, -0.05) is 33.9 Å². The summed E-state index contributed by atoms with van der Waals surface area (Å²) in [5, 5.41) is 0.766. The number of hydrogen-bond donors (Lipinski definition) is 0. The van der Waals surface area contributed by atoms with Gasteiger partial charge in [-0.2, -0.15) is 0 Å². The molecule has 0 N–H and O–H groups in total. The van der Waals surface area contributed by atoms with Crippen molar-refractivity contribution in [3.05, 3.63) is 0 Å². The molecule has 0 radical (unpaired) electrons. The minimum absolute atomic E-state index is 0.152. The van der Waals surface area contributed by atoms with Crippen LogP contribution in [0.15, 0.2) is 0 Å². The van der Waals surface area contributed by atoms with Crippen LogP contribution >= 0.6 is 12.2 Å². The maximum Gasteiger partial charge on any atom is 0.169 e. The lowest BCUT2D eigenvalue weighted by molar-refractivity contribution is -0.109. The topological polar surface area (TPSA) is 26.3 Å². The molecule has 0 saturated carbocycles. The van der Waals surface area contributed by atoms with E-state index in [1.165, 1.54) is 0 Å². The molecule has 2 nitrogen and oxygen atoms in total. The van der Waals surface area contributed by atoms with Crippen molar-refractivity contribution in [2.75, 3.05) is 6.61 Å². The van der Waals surface area contributed by atoms with Crippen molar-refractivity contribution in [3.63, 3.8) is 0 Å². The number of aldehydes is 1. The molecule has 0 aromatic rings. The average molecular weight is 244 g/mol. The highest BCUT2D eigenvalue weighted by Gasteiger charge is 2.50. The molecule has 4 heteroatoms. The van der Waals surface area contributed by atoms with Crippen LogP contribution in [0.25, 0.3) is 0 Å². The van der Waals surface area contributed by atoms with Crippen LogP contribution in [0.5, 0.6) is 0 Å². The molecule has 0 aliphatic carbocycles. The summed E-state index contributed by atoms with van der Waals surface area (Å²) in [6.45, 7) is 12.0. The van der Waals surface area contributed by atoms with Crippen molar-refractivity contribution in [1.82, 2.24) is 0 Å². The van der Waals surface area contributed by atoms with E-state index in [0.717, 1.165) is 6.29 Å². The Morgan fingerprint density at radius 2 is 2.00 bits per heavy atom. The molecule has 1 heterocycles. The van der Waals surface area contributed by atoms with E-state index in [9.17, 15) is 4.79 Å². The van der Waals surface area contributed by atoms with Gasteiger partial charge in [-0.15, -0.1) is 0 Å². The van der Waals surface area contributed by atoms with Gasteiger partial charge in [-0.3, -0.25) is 0 Å². The number of hydrogen-bond acceptors (Lipinski definition) is 3. The van der Waals surface area contributed by atoms with Crippen LogP contribution in [0.3, 0.4) is 0 Å². The Kier molecular flexibility index (Phi) is 3.41. The second-order valence-corrected chi connectivity index (χ2v) is 12.0. The predicted molar refractivity (Wildman–Crippen MR) is 69.1 cm³/mol. The molecule has 86 valence electrons. The monoisotopic (exact) mass is 244 g/mol. The summed E-state index contributed by atoms with van der Waals surface area (Å²) in [6.07, 6.45) is 0.973. The first-order valence-electron chi connectivity index (χ1n) is 5.33. The molecule has 2 atom stereocenters. The van der Waals surface area contributed by atoms with Gasteiger partial charge in [0, 0.05) is 5.54 Å². The smallest absolute Gasteiger partial charge is 0.169 e. The molecule has 0 aromatic carbocycles. The van der Waals surface area contributed by atoms with E-state index in [-0.39, 0.29) is 11.0 Å². The van der Waals surface area contributed by atoms with Crippen molar-refractivity contribution < 1.29 is 9.53 Å². The zero-order valence-electron chi connectivity index (χ0n) is 10.2. The van der Waals surface area contributed by atoms with Gasteiger partial charge < -0.3 is 9.53 Å². The first-order chi connectivity index (χ1) is 6.71. The molecular weight excluding hydrogens is 224 g/mol. The highest BCUT2D eigenvalue weighted by atomic mass is 32.1. The van der Waals surface area contributed by atoms with Crippen molar-refractivity contribution >= 4 is 31.6 Å². The summed E-state index contributed by atoms with van der Waals surface area (Å²) >= 11 is 5.08. The van der Waals surface area contributed by atoms with Crippen molar-refractivity contribution in [2.24, 2.45) is 5.92 Å². The number of rotatable bonds is 2. The molecule has 0 bridgehead atoms. The normalized spacial score (nSPS) is 27.7. The largest absolute Gasteiger partial charge is 0.486 e. The fourth-order valence-corrected chi connectivity index (χ4v) is 5.05. The zero-order valence-corrected chi connectivity index (χ0v) is 12.0. The summed E-state index contributed by atoms with van der Waals surface area (Å²) in [5.74, 6) is -0.152. The number of carbonyl (C=O) groups excluding carboxylic acids is 1. The van der Waals surface area contributed by atoms with Gasteiger partial charge in [0.1, 0.15) is 6.29 Å². The van der Waals surface area contributed by atoms with E-state index in [2.05, 4.69) is 33.9 Å². The molecule has 0 amide bonds. The Hall–Kier alpha value is -0.223. The third-order valence-corrected chi connectivity index (χ3v) is 10.8. The molecule has 1 aliphatic rings. The lowest BCUT2D eigenvalue weighted by Gasteiger charge is -2.41. The van der Waals surface area contributed by atoms with E-state index >= 15 is 0 Å². The number of thiocarbonyl (C=S) groups is 1. The molecule has 2 unspecified atom stereocenters. The Labute approximate surface area is 98.4 Å². The fourth-order valence-electron chi connectivity index (χ4n) is 1.90. The lowest BCUT2D eigenvalue weighted by Crippen LogP contribution is -2.45. The molecular formula is C11H20O2SSi. The van der Waals surface area contributed by atoms with Crippen LogP contribution < -0.4 is 0 Å². The highest BCUT2D eigenvalue weighted by molar-refractivity contribution is 7.80. The van der Waals surface area contributed by atoms with Crippen molar-refractivity contribution in [3.8, 4) is 0 Å². The molecule has 1 saturated heterocycles. The SMILES string of the molecule is CC(C)(C)[Si](C)(C)C1COC(=S)C1C=O. The van der Waals surface area contributed by atoms with Crippen molar-refractivity contribution in [1.29, 1.82) is 0 Å². The van der Waals surface area contributed by atoms with Gasteiger partial charge in [0.05, 0.1) is 20.6 Å². The maximum absolute atomic E-state index is 11.1. The third-order valence-electron chi connectivity index (χ3n) is 4.12. The first kappa shape index (κ1) is 12.8. The molecule has 0 aromatic heterocycles. The average Bonchev–Trinajstić information content (AvgIpc) is 2.44. The standard InChI is InChI=1S/C11H20O2SSi/c1-11(2,3)15(4,5)9-7-13-10(14)8(9)6-12/h6,8-9H,7H2,1-5H3. The van der Waals surface area contributed by atoms with E-state index in [4.69, 9.17) is 17.0 Å². The Morgan fingerprint density at radius 3 is 2.40 bits per heavy atom. The summed E-state index contributed by atoms with van der Waals surface area (Å²) < 4.78 is 5.39. The van der Waals surface area contributed by atoms with E-state index in [1.54, 1.807) is 0 Å². The molecule has 1 rings (SSSR count). The quantitative estimate of drug-likeness (QED) is 0.424. The summed E-state index contributed by atoms with van der Waals surface area (Å²) in [4.78, 5) is 11.1. The molecule has 15 heavy (non-hydrogen) atoms. The van der Waals surface area contributed by atoms with Gasteiger partial charge in [-0.05, 0) is 17.3 Å². The van der Waals surface area contributed by atoms with Crippen LogP contribution in [-0.4, -0.2) is 26.0 Å². The van der Waals surface area contributed by atoms with Gasteiger partial charge in [-0.25, -0.2) is 0 Å². The highest BCUT2D eigenvalue weighted by Crippen LogP contribution is 2.48. The van der Waals surface area contributed by atoms with Gasteiger partial charge >= 0.3 is 0 Å². The van der Waals surface area contributed by atoms with Crippen LogP contribution in [0.2, 0.25) is 23.7 Å². The predicted octanol–water partition coefficient (Wildman–Crippen LogP) is 3.04. The molecule has 1 aliphatic heterocycles. The van der Waals surface area contributed by atoms with Crippen LogP contribution in [-0.2, 0) is 9.53 Å². The second kappa shape index (κ2) is 3.98. The summed E-state index contributed by atoms with van der Waals surface area (Å²) in [5.41, 5.74) is 0.336. The minimum Gasteiger partial charge on any atom is -0.486 e. The lowest BCUT2D eigenvalue weighted by atomic mass is 10.1. The second-order valence-electron chi connectivity index (χ2n) is 5.87. The Bertz CT molecular complexity index is 281. The molecule has 0 spiro atoms. The van der Waals surface area contributed by atoms with Gasteiger partial charge in [0.15, 0.2) is 5.05 Å². The van der Waals surface area contributed by atoms with Crippen molar-refractivity contribution in [2.45, 2.75) is 44.4 Å². The van der Waals surface area contributed by atoms with Crippen LogP contribution in [0.1, 0.15) is 20.8 Å². The Balaban J connectivity index is 2.98. The fraction of sp³-hybridized carbons (Fsp3) is 0.818. The van der Waals surface area contributed by atoms with E-state index in [1.807, 2.05) is 0 Å². The Morgan fingerprint density at radius 1 is 1.47 bits per heavy atom. The number of ether oxygens (including phenoxy) is 1. The molecule has 1 fully saturated rings. The first-order valence-corrected chi connectivity index (χ1v) is 8.82. The number of carbonyl (C=O) groups is 1. The van der Waals surface area contributed by atoms with Gasteiger partial charge in [0.25, 0.3) is 0 Å². The van der Waals surface area contributed by atoms with E-state index in [0.29, 0.717) is 17.2 Å². The third kappa shape index (κ3) is 2.16. The minimum atomic E-state index is -1.54. The van der Waals surface area contributed by atoms with Gasteiger partial charge in [0.2, 0.25) is 0 Å². The summed E-state index contributed by atoms with van der Waals surface area (Å²) in [7, 11) is -1.54.